The molecule has 1 N–H and O–H groups in total. The summed E-state index contributed by atoms with van der Waals surface area (Å²) in [5.74, 6) is -0.261. The van der Waals surface area contributed by atoms with Crippen molar-refractivity contribution in [3.63, 3.8) is 0 Å². The lowest BCUT2D eigenvalue weighted by Gasteiger charge is -2.14. The number of benzene rings is 2. The van der Waals surface area contributed by atoms with Gasteiger partial charge in [0.15, 0.2) is 0 Å². The van der Waals surface area contributed by atoms with Crippen molar-refractivity contribution >= 4 is 46.4 Å². The summed E-state index contributed by atoms with van der Waals surface area (Å²) in [6, 6.07) is 15.7. The summed E-state index contributed by atoms with van der Waals surface area (Å²) in [4.78, 5) is 27.5. The highest BCUT2D eigenvalue weighted by Crippen LogP contribution is 2.32. The minimum absolute atomic E-state index is 0.163. The molecule has 1 saturated heterocycles. The fourth-order valence-corrected chi connectivity index (χ4v) is 3.58. The highest BCUT2D eigenvalue weighted by molar-refractivity contribution is 8.18. The van der Waals surface area contributed by atoms with E-state index in [0.29, 0.717) is 4.91 Å². The third-order valence-electron chi connectivity index (χ3n) is 3.78. The summed E-state index contributed by atoms with van der Waals surface area (Å²) >= 11 is 2.64. The maximum absolute atomic E-state index is 12.5. The number of amides is 2. The molecular weight excluding hydrogens is 352 g/mol. The molecule has 0 aliphatic carbocycles. The highest BCUT2D eigenvalue weighted by atomic mass is 32.2. The zero-order chi connectivity index (χ0) is 17.8. The van der Waals surface area contributed by atoms with E-state index in [4.69, 9.17) is 0 Å². The van der Waals surface area contributed by atoms with Crippen molar-refractivity contribution in [3.05, 3.63) is 64.6 Å². The fourth-order valence-electron chi connectivity index (χ4n) is 2.33. The maximum Gasteiger partial charge on any atom is 0.295 e. The van der Waals surface area contributed by atoms with Crippen LogP contribution >= 0.6 is 23.5 Å². The van der Waals surface area contributed by atoms with Crippen LogP contribution in [0.5, 0.6) is 0 Å². The van der Waals surface area contributed by atoms with E-state index in [1.54, 1.807) is 17.8 Å². The lowest BCUT2D eigenvalue weighted by atomic mass is 10.2. The molecule has 4 nitrogen and oxygen atoms in total. The van der Waals surface area contributed by atoms with Gasteiger partial charge in [0.2, 0.25) is 0 Å². The summed E-state index contributed by atoms with van der Waals surface area (Å²) in [7, 11) is 0. The highest BCUT2D eigenvalue weighted by Gasteiger charge is 2.34. The first-order valence-electron chi connectivity index (χ1n) is 7.77. The zero-order valence-electron chi connectivity index (χ0n) is 14.0. The normalized spacial score (nSPS) is 15.9. The van der Waals surface area contributed by atoms with Gasteiger partial charge in [0.25, 0.3) is 11.1 Å². The monoisotopic (exact) mass is 370 g/mol. The molecule has 0 saturated carbocycles. The molecule has 0 radical (unpaired) electrons. The van der Waals surface area contributed by atoms with Crippen LogP contribution in [0.1, 0.15) is 11.1 Å². The number of hydrogen-bond donors (Lipinski definition) is 1. The molecule has 1 fully saturated rings. The topological polar surface area (TPSA) is 49.4 Å². The van der Waals surface area contributed by atoms with E-state index in [-0.39, 0.29) is 17.8 Å². The Labute approximate surface area is 155 Å². The van der Waals surface area contributed by atoms with Crippen LogP contribution in [0, 0.1) is 6.92 Å². The van der Waals surface area contributed by atoms with Gasteiger partial charge in [-0.1, -0.05) is 29.8 Å². The van der Waals surface area contributed by atoms with Crippen LogP contribution < -0.4 is 5.32 Å². The predicted octanol–water partition coefficient (Wildman–Crippen LogP) is 4.82. The van der Waals surface area contributed by atoms with Crippen molar-refractivity contribution < 1.29 is 9.59 Å². The molecule has 0 aromatic heterocycles. The van der Waals surface area contributed by atoms with Gasteiger partial charge in [0, 0.05) is 10.6 Å². The predicted molar refractivity (Wildman–Crippen MR) is 106 cm³/mol. The minimum atomic E-state index is -0.261. The Balaban J connectivity index is 1.68. The van der Waals surface area contributed by atoms with Crippen LogP contribution in [0.15, 0.2) is 58.3 Å². The number of hydrogen-bond acceptors (Lipinski definition) is 5. The number of carbonyl (C=O) groups excluding carboxylic acids is 2. The lowest BCUT2D eigenvalue weighted by Crippen LogP contribution is -2.33. The van der Waals surface area contributed by atoms with Crippen LogP contribution in [0.25, 0.3) is 6.08 Å². The van der Waals surface area contributed by atoms with Gasteiger partial charge in [-0.15, -0.1) is 11.8 Å². The first kappa shape index (κ1) is 17.6. The smallest absolute Gasteiger partial charge is 0.295 e. The fraction of sp³-hybridized carbons (Fsp3) is 0.158. The number of aryl methyl sites for hydroxylation is 1. The van der Waals surface area contributed by atoms with Gasteiger partial charge in [0.05, 0.1) is 11.6 Å². The number of carbonyl (C=O) groups is 2. The molecule has 2 aromatic rings. The summed E-state index contributed by atoms with van der Waals surface area (Å²) in [6.07, 6.45) is 3.78. The van der Waals surface area contributed by atoms with E-state index in [1.807, 2.05) is 61.7 Å². The molecule has 0 spiro atoms. The molecule has 1 heterocycles. The van der Waals surface area contributed by atoms with E-state index < -0.39 is 0 Å². The largest absolute Gasteiger partial charge is 0.367 e. The SMILES string of the molecule is CSc1ccc(/C=C2/SC(=O)N(CNc3ccc(C)cc3)C2=O)cc1. The third kappa shape index (κ3) is 4.27. The van der Waals surface area contributed by atoms with Gasteiger partial charge in [-0.2, -0.15) is 0 Å². The Morgan fingerprint density at radius 2 is 1.76 bits per heavy atom. The summed E-state index contributed by atoms with van der Waals surface area (Å²) in [5, 5.41) is 2.86. The van der Waals surface area contributed by atoms with Gasteiger partial charge in [0.1, 0.15) is 0 Å². The van der Waals surface area contributed by atoms with Crippen molar-refractivity contribution in [2.45, 2.75) is 11.8 Å². The first-order valence-corrected chi connectivity index (χ1v) is 9.81. The number of thioether (sulfide) groups is 2. The second kappa shape index (κ2) is 7.80. The van der Waals surface area contributed by atoms with Crippen molar-refractivity contribution in [2.24, 2.45) is 0 Å². The third-order valence-corrected chi connectivity index (χ3v) is 5.43. The Hall–Kier alpha value is -2.18. The van der Waals surface area contributed by atoms with E-state index >= 15 is 0 Å². The molecule has 0 bridgehead atoms. The molecule has 2 aromatic carbocycles. The van der Waals surface area contributed by atoms with E-state index in [0.717, 1.165) is 33.5 Å². The van der Waals surface area contributed by atoms with Crippen molar-refractivity contribution in [3.8, 4) is 0 Å². The van der Waals surface area contributed by atoms with Crippen LogP contribution in [-0.2, 0) is 4.79 Å². The van der Waals surface area contributed by atoms with Crippen LogP contribution in [0.4, 0.5) is 10.5 Å². The molecule has 128 valence electrons. The van der Waals surface area contributed by atoms with Crippen LogP contribution in [-0.4, -0.2) is 29.0 Å². The zero-order valence-corrected chi connectivity index (χ0v) is 15.6. The average Bonchev–Trinajstić information content (AvgIpc) is 2.89. The van der Waals surface area contributed by atoms with E-state index in [1.165, 1.54) is 4.90 Å². The molecule has 6 heteroatoms. The van der Waals surface area contributed by atoms with Crippen LogP contribution in [0.2, 0.25) is 0 Å². The first-order chi connectivity index (χ1) is 12.1. The molecular formula is C19H18N2O2S2. The quantitative estimate of drug-likeness (QED) is 0.604. The summed E-state index contributed by atoms with van der Waals surface area (Å²) < 4.78 is 0. The molecule has 0 unspecified atom stereocenters. The van der Waals surface area contributed by atoms with Gasteiger partial charge < -0.3 is 5.32 Å². The van der Waals surface area contributed by atoms with Gasteiger partial charge in [-0.05, 0) is 60.8 Å². The number of anilines is 1. The van der Waals surface area contributed by atoms with E-state index in [2.05, 4.69) is 5.32 Å². The van der Waals surface area contributed by atoms with Crippen LogP contribution in [0.3, 0.4) is 0 Å². The molecule has 1 aliphatic rings. The second-order valence-corrected chi connectivity index (χ2v) is 7.46. The van der Waals surface area contributed by atoms with Crippen molar-refractivity contribution in [1.29, 1.82) is 0 Å². The van der Waals surface area contributed by atoms with Gasteiger partial charge in [-0.3, -0.25) is 14.5 Å². The second-order valence-electron chi connectivity index (χ2n) is 5.58. The number of rotatable bonds is 5. The van der Waals surface area contributed by atoms with Crippen molar-refractivity contribution in [1.82, 2.24) is 4.90 Å². The Morgan fingerprint density at radius 3 is 2.40 bits per heavy atom. The Morgan fingerprint density at radius 1 is 1.08 bits per heavy atom. The number of nitrogens with one attached hydrogen (secondary N) is 1. The molecule has 2 amide bonds. The van der Waals surface area contributed by atoms with Gasteiger partial charge in [-0.25, -0.2) is 0 Å². The standard InChI is InChI=1S/C19H18N2O2S2/c1-13-3-7-15(8-4-13)20-12-21-18(22)17(25-19(21)23)11-14-5-9-16(24-2)10-6-14/h3-11,20H,12H2,1-2H3/b17-11+. The summed E-state index contributed by atoms with van der Waals surface area (Å²) in [6.45, 7) is 2.17. The summed E-state index contributed by atoms with van der Waals surface area (Å²) in [5.41, 5.74) is 2.95. The molecule has 0 atom stereocenters. The average molecular weight is 370 g/mol. The van der Waals surface area contributed by atoms with E-state index in [9.17, 15) is 9.59 Å². The Bertz CT molecular complexity index is 814. The van der Waals surface area contributed by atoms with Gasteiger partial charge >= 0.3 is 0 Å². The lowest BCUT2D eigenvalue weighted by molar-refractivity contribution is -0.122. The number of imide groups is 1. The molecule has 3 rings (SSSR count). The minimum Gasteiger partial charge on any atom is -0.367 e. The number of nitrogens with zero attached hydrogens (tertiary/aromatic N) is 1. The molecule has 25 heavy (non-hydrogen) atoms. The Kier molecular flexibility index (Phi) is 5.50. The molecule has 1 aliphatic heterocycles. The van der Waals surface area contributed by atoms with Crippen molar-refractivity contribution in [2.75, 3.05) is 18.2 Å². The maximum atomic E-state index is 12.5.